The number of nitrogens with zero attached hydrogens (tertiary/aromatic N) is 1. The first-order valence-electron chi connectivity index (χ1n) is 10.4. The number of hydrogen-bond donors (Lipinski definition) is 2. The first-order chi connectivity index (χ1) is 16.3. The molecule has 0 aliphatic carbocycles. The number of ether oxygens (including phenoxy) is 1. The second-order valence-electron chi connectivity index (χ2n) is 7.43. The van der Waals surface area contributed by atoms with Crippen LogP contribution in [0.2, 0.25) is 10.0 Å². The molecule has 0 atom stereocenters. The summed E-state index contributed by atoms with van der Waals surface area (Å²) in [5.74, 6) is 0.0276. The molecule has 3 N–H and O–H groups in total. The first kappa shape index (κ1) is 26.0. The molecular weight excluding hydrogens is 497 g/mol. The van der Waals surface area contributed by atoms with E-state index in [9.17, 15) is 13.2 Å². The van der Waals surface area contributed by atoms with Crippen molar-refractivity contribution in [2.24, 2.45) is 5.73 Å². The number of carbonyl (C=O) groups excluding carboxylic acids is 1. The predicted molar refractivity (Wildman–Crippen MR) is 133 cm³/mol. The van der Waals surface area contributed by atoms with Gasteiger partial charge in [-0.2, -0.15) is 4.31 Å². The van der Waals surface area contributed by atoms with E-state index in [1.165, 1.54) is 25.3 Å². The summed E-state index contributed by atoms with van der Waals surface area (Å²) in [7, 11) is -2.68. The number of para-hydroxylation sites is 1. The number of nitrogens with two attached hydrogens (primary N) is 1. The summed E-state index contributed by atoms with van der Waals surface area (Å²) >= 11 is 12.3. The molecule has 0 aliphatic heterocycles. The number of hydrogen-bond acceptors (Lipinski definition) is 5. The van der Waals surface area contributed by atoms with Crippen molar-refractivity contribution in [3.8, 4) is 5.75 Å². The number of rotatable bonds is 10. The van der Waals surface area contributed by atoms with Crippen LogP contribution in [0.4, 0.5) is 0 Å². The van der Waals surface area contributed by atoms with Gasteiger partial charge in [-0.1, -0.05) is 71.7 Å². The number of sulfonamides is 1. The van der Waals surface area contributed by atoms with E-state index in [4.69, 9.17) is 33.7 Å². The number of halogens is 2. The quantitative estimate of drug-likeness (QED) is 0.420. The van der Waals surface area contributed by atoms with Gasteiger partial charge in [0.25, 0.3) is 0 Å². The van der Waals surface area contributed by atoms with Crippen molar-refractivity contribution in [2.45, 2.75) is 24.5 Å². The summed E-state index contributed by atoms with van der Waals surface area (Å²) in [6.45, 7) is 0.135. The van der Waals surface area contributed by atoms with Crippen LogP contribution in [-0.4, -0.2) is 32.3 Å². The van der Waals surface area contributed by atoms with E-state index in [2.05, 4.69) is 5.32 Å². The van der Waals surface area contributed by atoms with E-state index in [1.54, 1.807) is 24.3 Å². The lowest BCUT2D eigenvalue weighted by molar-refractivity contribution is -0.121. The van der Waals surface area contributed by atoms with Crippen molar-refractivity contribution in [3.05, 3.63) is 93.5 Å². The van der Waals surface area contributed by atoms with Gasteiger partial charge in [0, 0.05) is 25.2 Å². The van der Waals surface area contributed by atoms with E-state index in [1.807, 2.05) is 24.3 Å². The average Bonchev–Trinajstić information content (AvgIpc) is 2.84. The van der Waals surface area contributed by atoms with Crippen LogP contribution in [-0.2, 0) is 34.5 Å². The molecule has 0 spiro atoms. The highest BCUT2D eigenvalue weighted by molar-refractivity contribution is 7.89. The Morgan fingerprint density at radius 2 is 1.68 bits per heavy atom. The van der Waals surface area contributed by atoms with E-state index >= 15 is 0 Å². The fraction of sp³-hybridized carbons (Fsp3) is 0.208. The molecule has 0 saturated carbocycles. The standard InChI is InChI=1S/C24H25Cl2N3O4S/c1-33-21-7-3-2-5-19(21)15-29(34(31,32)22-8-4-6-20(25)24(22)26)16-23(30)28-14-18-11-9-17(13-27)10-12-18/h2-12H,13-16,27H2,1H3,(H,28,30). The van der Waals surface area contributed by atoms with E-state index in [0.29, 0.717) is 17.9 Å². The molecular formula is C24H25Cl2N3O4S. The molecule has 3 rings (SSSR count). The average molecular weight is 522 g/mol. The molecule has 0 bridgehead atoms. The lowest BCUT2D eigenvalue weighted by atomic mass is 10.1. The fourth-order valence-electron chi connectivity index (χ4n) is 3.28. The van der Waals surface area contributed by atoms with Crippen LogP contribution in [0, 0.1) is 0 Å². The maximum Gasteiger partial charge on any atom is 0.245 e. The summed E-state index contributed by atoms with van der Waals surface area (Å²) in [4.78, 5) is 12.6. The number of carbonyl (C=O) groups is 1. The minimum Gasteiger partial charge on any atom is -0.496 e. The normalized spacial score (nSPS) is 11.4. The van der Waals surface area contributed by atoms with E-state index < -0.39 is 22.5 Å². The third-order valence-electron chi connectivity index (χ3n) is 5.14. The molecule has 180 valence electrons. The Bertz CT molecular complexity index is 1250. The summed E-state index contributed by atoms with van der Waals surface area (Å²) in [6, 6.07) is 18.8. The van der Waals surface area contributed by atoms with Gasteiger partial charge in [0.1, 0.15) is 10.6 Å². The third kappa shape index (κ3) is 6.28. The highest BCUT2D eigenvalue weighted by Crippen LogP contribution is 2.32. The fourth-order valence-corrected chi connectivity index (χ4v) is 5.39. The van der Waals surface area contributed by atoms with E-state index in [0.717, 1.165) is 15.4 Å². The van der Waals surface area contributed by atoms with Crippen molar-refractivity contribution in [2.75, 3.05) is 13.7 Å². The molecule has 7 nitrogen and oxygen atoms in total. The third-order valence-corrected chi connectivity index (χ3v) is 7.91. The van der Waals surface area contributed by atoms with Gasteiger partial charge in [0.2, 0.25) is 15.9 Å². The van der Waals surface area contributed by atoms with Crippen LogP contribution < -0.4 is 15.8 Å². The zero-order chi connectivity index (χ0) is 24.7. The van der Waals surface area contributed by atoms with Crippen molar-refractivity contribution >= 4 is 39.1 Å². The molecule has 3 aromatic rings. The molecule has 3 aromatic carbocycles. The maximum absolute atomic E-state index is 13.5. The second kappa shape index (κ2) is 11.7. The van der Waals surface area contributed by atoms with Crippen LogP contribution in [0.1, 0.15) is 16.7 Å². The molecule has 10 heteroatoms. The number of methoxy groups -OCH3 is 1. The summed E-state index contributed by atoms with van der Waals surface area (Å²) in [6.07, 6.45) is 0. The molecule has 0 heterocycles. The van der Waals surface area contributed by atoms with Gasteiger partial charge < -0.3 is 15.8 Å². The minimum atomic E-state index is -4.18. The lowest BCUT2D eigenvalue weighted by Gasteiger charge is -2.23. The lowest BCUT2D eigenvalue weighted by Crippen LogP contribution is -2.40. The highest BCUT2D eigenvalue weighted by atomic mass is 35.5. The van der Waals surface area contributed by atoms with Gasteiger partial charge in [-0.25, -0.2) is 8.42 Å². The van der Waals surface area contributed by atoms with Gasteiger partial charge in [0.15, 0.2) is 0 Å². The number of nitrogens with one attached hydrogen (secondary N) is 1. The van der Waals surface area contributed by atoms with Crippen LogP contribution >= 0.6 is 23.2 Å². The molecule has 0 radical (unpaired) electrons. The van der Waals surface area contributed by atoms with Crippen LogP contribution in [0.5, 0.6) is 5.75 Å². The van der Waals surface area contributed by atoms with Crippen molar-refractivity contribution in [3.63, 3.8) is 0 Å². The Kier molecular flexibility index (Phi) is 8.93. The van der Waals surface area contributed by atoms with Crippen LogP contribution in [0.15, 0.2) is 71.6 Å². The van der Waals surface area contributed by atoms with Gasteiger partial charge in [-0.05, 0) is 29.3 Å². The van der Waals surface area contributed by atoms with Gasteiger partial charge in [-0.3, -0.25) is 4.79 Å². The van der Waals surface area contributed by atoms with E-state index in [-0.39, 0.29) is 28.0 Å². The molecule has 1 amide bonds. The van der Waals surface area contributed by atoms with Gasteiger partial charge >= 0.3 is 0 Å². The molecule has 0 aromatic heterocycles. The first-order valence-corrected chi connectivity index (χ1v) is 12.6. The highest BCUT2D eigenvalue weighted by Gasteiger charge is 2.30. The molecule has 0 unspecified atom stereocenters. The van der Waals surface area contributed by atoms with Crippen LogP contribution in [0.3, 0.4) is 0 Å². The topological polar surface area (TPSA) is 102 Å². The molecule has 0 aliphatic rings. The Balaban J connectivity index is 1.86. The number of amides is 1. The number of benzene rings is 3. The minimum absolute atomic E-state index is 0.102. The van der Waals surface area contributed by atoms with Crippen molar-refractivity contribution in [1.82, 2.24) is 9.62 Å². The summed E-state index contributed by atoms with van der Waals surface area (Å²) in [5, 5.41) is 2.76. The molecule has 0 saturated heterocycles. The Morgan fingerprint density at radius 1 is 1.00 bits per heavy atom. The van der Waals surface area contributed by atoms with Crippen LogP contribution in [0.25, 0.3) is 0 Å². The zero-order valence-electron chi connectivity index (χ0n) is 18.5. The summed E-state index contributed by atoms with van der Waals surface area (Å²) in [5.41, 5.74) is 8.04. The van der Waals surface area contributed by atoms with Gasteiger partial charge in [-0.15, -0.1) is 0 Å². The second-order valence-corrected chi connectivity index (χ2v) is 10.1. The van der Waals surface area contributed by atoms with Crippen molar-refractivity contribution in [1.29, 1.82) is 0 Å². The SMILES string of the molecule is COc1ccccc1CN(CC(=O)NCc1ccc(CN)cc1)S(=O)(=O)c1cccc(Cl)c1Cl. The predicted octanol–water partition coefficient (Wildman–Crippen LogP) is 3.97. The smallest absolute Gasteiger partial charge is 0.245 e. The summed E-state index contributed by atoms with van der Waals surface area (Å²) < 4.78 is 33.5. The molecule has 0 fully saturated rings. The molecule has 34 heavy (non-hydrogen) atoms. The Labute approximate surface area is 209 Å². The monoisotopic (exact) mass is 521 g/mol. The Morgan fingerprint density at radius 3 is 2.35 bits per heavy atom. The largest absolute Gasteiger partial charge is 0.496 e. The van der Waals surface area contributed by atoms with Gasteiger partial charge in [0.05, 0.1) is 23.7 Å². The maximum atomic E-state index is 13.5. The Hall–Kier alpha value is -2.62. The zero-order valence-corrected chi connectivity index (χ0v) is 20.8. The van der Waals surface area contributed by atoms with Crippen molar-refractivity contribution < 1.29 is 17.9 Å².